The molecule has 0 saturated carbocycles. The lowest BCUT2D eigenvalue weighted by molar-refractivity contribution is -0.142. The largest absolute Gasteiger partial charge is 0.461 e. The van der Waals surface area contributed by atoms with Gasteiger partial charge in [-0.1, -0.05) is 19.1 Å². The molecular formula is C18H22N2O3S. The van der Waals surface area contributed by atoms with Crippen LogP contribution in [-0.2, 0) is 28.8 Å². The standard InChI is InChI=1S/C18H22N2O3S/c1-3-4-9-23-15(21)8-7-14-19-17(22)16-12-6-5-11(2)10-13(12)24-18(16)20-14/h3-4,11H,5-10H2,1-2H3,(H,19,20,22)/b4-3+. The fourth-order valence-electron chi connectivity index (χ4n) is 3.04. The van der Waals surface area contributed by atoms with E-state index in [0.717, 1.165) is 29.5 Å². The number of rotatable bonds is 5. The summed E-state index contributed by atoms with van der Waals surface area (Å²) in [5, 5.41) is 0.751. The average Bonchev–Trinajstić information content (AvgIpc) is 2.90. The third-order valence-electron chi connectivity index (χ3n) is 4.36. The first-order chi connectivity index (χ1) is 11.6. The molecule has 5 nitrogen and oxygen atoms in total. The third-order valence-corrected chi connectivity index (χ3v) is 5.50. The number of fused-ring (bicyclic) bond motifs is 3. The Hall–Kier alpha value is -1.95. The number of aromatic amines is 1. The van der Waals surface area contributed by atoms with E-state index in [9.17, 15) is 9.59 Å². The Kier molecular flexibility index (Phi) is 5.14. The van der Waals surface area contributed by atoms with E-state index in [1.165, 1.54) is 10.4 Å². The molecule has 0 spiro atoms. The predicted octanol–water partition coefficient (Wildman–Crippen LogP) is 3.16. The second-order valence-electron chi connectivity index (χ2n) is 6.30. The topological polar surface area (TPSA) is 72.0 Å². The zero-order valence-electron chi connectivity index (χ0n) is 14.1. The van der Waals surface area contributed by atoms with Gasteiger partial charge >= 0.3 is 5.97 Å². The van der Waals surface area contributed by atoms with Crippen molar-refractivity contribution in [1.82, 2.24) is 9.97 Å². The first kappa shape index (κ1) is 16.9. The van der Waals surface area contributed by atoms with Gasteiger partial charge in [0.25, 0.3) is 5.56 Å². The van der Waals surface area contributed by atoms with Crippen LogP contribution in [0.2, 0.25) is 0 Å². The summed E-state index contributed by atoms with van der Waals surface area (Å²) in [4.78, 5) is 33.6. The van der Waals surface area contributed by atoms with Crippen molar-refractivity contribution < 1.29 is 9.53 Å². The lowest BCUT2D eigenvalue weighted by Gasteiger charge is -2.17. The first-order valence-electron chi connectivity index (χ1n) is 8.38. The zero-order chi connectivity index (χ0) is 17.1. The number of nitrogens with zero attached hydrogens (tertiary/aromatic N) is 1. The molecule has 0 radical (unpaired) electrons. The first-order valence-corrected chi connectivity index (χ1v) is 9.20. The van der Waals surface area contributed by atoms with Crippen LogP contribution in [0.4, 0.5) is 0 Å². The van der Waals surface area contributed by atoms with Crippen molar-refractivity contribution in [1.29, 1.82) is 0 Å². The molecule has 0 fully saturated rings. The minimum absolute atomic E-state index is 0.0793. The summed E-state index contributed by atoms with van der Waals surface area (Å²) in [5.74, 6) is 0.938. The van der Waals surface area contributed by atoms with Crippen molar-refractivity contribution in [3.63, 3.8) is 0 Å². The van der Waals surface area contributed by atoms with Crippen molar-refractivity contribution in [2.45, 2.75) is 46.0 Å². The Morgan fingerprint density at radius 3 is 3.12 bits per heavy atom. The number of allylic oxidation sites excluding steroid dienone is 1. The van der Waals surface area contributed by atoms with Gasteiger partial charge in [0, 0.05) is 11.3 Å². The quantitative estimate of drug-likeness (QED) is 0.667. The molecule has 1 atom stereocenters. The Balaban J connectivity index is 1.76. The van der Waals surface area contributed by atoms with E-state index < -0.39 is 0 Å². The summed E-state index contributed by atoms with van der Waals surface area (Å²) in [6.07, 6.45) is 7.33. The highest BCUT2D eigenvalue weighted by atomic mass is 32.1. The van der Waals surface area contributed by atoms with Crippen molar-refractivity contribution in [2.24, 2.45) is 5.92 Å². The minimum atomic E-state index is -0.282. The van der Waals surface area contributed by atoms with Gasteiger partial charge in [-0.3, -0.25) is 9.59 Å². The van der Waals surface area contributed by atoms with Gasteiger partial charge in [-0.05, 0) is 37.7 Å². The second kappa shape index (κ2) is 7.30. The highest BCUT2D eigenvalue weighted by Crippen LogP contribution is 2.35. The van der Waals surface area contributed by atoms with Gasteiger partial charge in [-0.25, -0.2) is 4.98 Å². The molecule has 0 aromatic carbocycles. The van der Waals surface area contributed by atoms with Crippen LogP contribution in [0.5, 0.6) is 0 Å². The van der Waals surface area contributed by atoms with E-state index in [0.29, 0.717) is 18.2 Å². The molecule has 2 heterocycles. The molecule has 128 valence electrons. The summed E-state index contributed by atoms with van der Waals surface area (Å²) in [6, 6.07) is 0. The number of nitrogens with one attached hydrogen (secondary N) is 1. The highest BCUT2D eigenvalue weighted by molar-refractivity contribution is 7.18. The maximum atomic E-state index is 12.5. The molecule has 1 unspecified atom stereocenters. The molecule has 0 amide bonds. The number of H-pyrrole nitrogens is 1. The number of esters is 1. The van der Waals surface area contributed by atoms with E-state index in [4.69, 9.17) is 4.74 Å². The molecule has 0 saturated heterocycles. The van der Waals surface area contributed by atoms with Crippen molar-refractivity contribution in [3.8, 4) is 0 Å². The SMILES string of the molecule is C/C=C/COC(=O)CCc1nc2sc3c(c2c(=O)[nH]1)CCC(C)C3. The Morgan fingerprint density at radius 1 is 1.50 bits per heavy atom. The molecule has 3 rings (SSSR count). The maximum Gasteiger partial charge on any atom is 0.306 e. The molecule has 1 N–H and O–H groups in total. The number of thiophene rings is 1. The molecular weight excluding hydrogens is 324 g/mol. The number of hydrogen-bond acceptors (Lipinski definition) is 5. The Labute approximate surface area is 144 Å². The van der Waals surface area contributed by atoms with Crippen LogP contribution in [0.3, 0.4) is 0 Å². The number of carbonyl (C=O) groups is 1. The fraction of sp³-hybridized carbons (Fsp3) is 0.500. The van der Waals surface area contributed by atoms with Crippen LogP contribution < -0.4 is 5.56 Å². The van der Waals surface area contributed by atoms with E-state index in [-0.39, 0.29) is 24.6 Å². The molecule has 0 aliphatic heterocycles. The summed E-state index contributed by atoms with van der Waals surface area (Å²) < 4.78 is 5.06. The maximum absolute atomic E-state index is 12.5. The third kappa shape index (κ3) is 3.59. The van der Waals surface area contributed by atoms with Crippen molar-refractivity contribution >= 4 is 27.5 Å². The lowest BCUT2D eigenvalue weighted by atomic mass is 9.89. The molecule has 2 aromatic heterocycles. The van der Waals surface area contributed by atoms with Gasteiger partial charge in [0.2, 0.25) is 0 Å². The van der Waals surface area contributed by atoms with E-state index in [2.05, 4.69) is 16.9 Å². The van der Waals surface area contributed by atoms with Gasteiger partial charge in [-0.2, -0.15) is 0 Å². The van der Waals surface area contributed by atoms with Gasteiger partial charge < -0.3 is 9.72 Å². The number of carbonyl (C=O) groups excluding carboxylic acids is 1. The van der Waals surface area contributed by atoms with Crippen LogP contribution in [0.1, 0.15) is 43.0 Å². The average molecular weight is 346 g/mol. The van der Waals surface area contributed by atoms with Gasteiger partial charge in [0.1, 0.15) is 17.3 Å². The zero-order valence-corrected chi connectivity index (χ0v) is 14.9. The van der Waals surface area contributed by atoms with Crippen LogP contribution in [0.25, 0.3) is 10.2 Å². The van der Waals surface area contributed by atoms with Gasteiger partial charge in [0.15, 0.2) is 0 Å². The van der Waals surface area contributed by atoms with E-state index >= 15 is 0 Å². The molecule has 6 heteroatoms. The summed E-state index contributed by atoms with van der Waals surface area (Å²) in [7, 11) is 0. The molecule has 2 aromatic rings. The highest BCUT2D eigenvalue weighted by Gasteiger charge is 2.23. The van der Waals surface area contributed by atoms with Gasteiger partial charge in [-0.15, -0.1) is 11.3 Å². The van der Waals surface area contributed by atoms with Gasteiger partial charge in [0.05, 0.1) is 11.8 Å². The van der Waals surface area contributed by atoms with Crippen molar-refractivity contribution in [3.05, 3.63) is 38.8 Å². The number of aromatic nitrogens is 2. The van der Waals surface area contributed by atoms with Crippen LogP contribution >= 0.6 is 11.3 Å². The van der Waals surface area contributed by atoms with Crippen LogP contribution in [-0.4, -0.2) is 22.5 Å². The summed E-state index contributed by atoms with van der Waals surface area (Å²) in [6.45, 7) is 4.41. The summed E-state index contributed by atoms with van der Waals surface area (Å²) in [5.41, 5.74) is 1.10. The molecule has 1 aliphatic carbocycles. The number of ether oxygens (including phenoxy) is 1. The van der Waals surface area contributed by atoms with Crippen LogP contribution in [0.15, 0.2) is 16.9 Å². The smallest absolute Gasteiger partial charge is 0.306 e. The Morgan fingerprint density at radius 2 is 2.33 bits per heavy atom. The normalized spacial score (nSPS) is 17.3. The summed E-state index contributed by atoms with van der Waals surface area (Å²) >= 11 is 1.63. The Bertz CT molecular complexity index is 835. The lowest BCUT2D eigenvalue weighted by Crippen LogP contribution is -2.15. The van der Waals surface area contributed by atoms with Crippen molar-refractivity contribution in [2.75, 3.05) is 6.61 Å². The monoisotopic (exact) mass is 346 g/mol. The fourth-order valence-corrected chi connectivity index (χ4v) is 4.44. The van der Waals surface area contributed by atoms with Crippen LogP contribution in [0, 0.1) is 5.92 Å². The number of hydrogen-bond donors (Lipinski definition) is 1. The van der Waals surface area contributed by atoms with E-state index in [1.807, 2.05) is 13.0 Å². The van der Waals surface area contributed by atoms with E-state index in [1.54, 1.807) is 17.4 Å². The second-order valence-corrected chi connectivity index (χ2v) is 7.38. The molecule has 0 bridgehead atoms. The predicted molar refractivity (Wildman–Crippen MR) is 95.5 cm³/mol. The minimum Gasteiger partial charge on any atom is -0.461 e. The molecule has 24 heavy (non-hydrogen) atoms. The number of aryl methyl sites for hydroxylation is 2. The molecule has 1 aliphatic rings.